The maximum Gasteiger partial charge on any atom is 0.340 e. The lowest BCUT2D eigenvalue weighted by Crippen LogP contribution is -2.05. The molecule has 0 fully saturated rings. The summed E-state index contributed by atoms with van der Waals surface area (Å²) >= 11 is 0. The summed E-state index contributed by atoms with van der Waals surface area (Å²) in [6.45, 7) is 6.16. The van der Waals surface area contributed by atoms with Crippen LogP contribution in [0.25, 0.3) is 10.9 Å². The third kappa shape index (κ3) is 1.82. The van der Waals surface area contributed by atoms with Crippen molar-refractivity contribution in [2.75, 3.05) is 7.11 Å². The number of para-hydroxylation sites is 1. The molecule has 1 aromatic heterocycles. The SMILES string of the molecule is COC(=O)c1c(C(C)C)[nH]c2c(C)cccc12. The molecule has 0 unspecified atom stereocenters. The van der Waals surface area contributed by atoms with E-state index in [0.717, 1.165) is 22.2 Å². The van der Waals surface area contributed by atoms with Crippen LogP contribution < -0.4 is 0 Å². The van der Waals surface area contributed by atoms with Gasteiger partial charge in [0, 0.05) is 16.6 Å². The van der Waals surface area contributed by atoms with E-state index in [2.05, 4.69) is 18.8 Å². The highest BCUT2D eigenvalue weighted by molar-refractivity contribution is 6.06. The Morgan fingerprint density at radius 3 is 2.65 bits per heavy atom. The molecule has 0 saturated heterocycles. The van der Waals surface area contributed by atoms with Crippen LogP contribution in [0.1, 0.15) is 41.4 Å². The number of fused-ring (bicyclic) bond motifs is 1. The molecular weight excluding hydrogens is 214 g/mol. The molecule has 0 aliphatic heterocycles. The largest absolute Gasteiger partial charge is 0.465 e. The van der Waals surface area contributed by atoms with Gasteiger partial charge in [0.05, 0.1) is 12.7 Å². The van der Waals surface area contributed by atoms with Crippen molar-refractivity contribution in [2.24, 2.45) is 0 Å². The Morgan fingerprint density at radius 1 is 1.35 bits per heavy atom. The summed E-state index contributed by atoms with van der Waals surface area (Å²) in [7, 11) is 1.42. The van der Waals surface area contributed by atoms with Gasteiger partial charge < -0.3 is 9.72 Å². The van der Waals surface area contributed by atoms with E-state index >= 15 is 0 Å². The number of esters is 1. The molecule has 0 atom stereocenters. The zero-order valence-corrected chi connectivity index (χ0v) is 10.6. The summed E-state index contributed by atoms with van der Waals surface area (Å²) in [5.41, 5.74) is 3.78. The fourth-order valence-corrected chi connectivity index (χ4v) is 2.14. The van der Waals surface area contributed by atoms with E-state index in [1.807, 2.05) is 25.1 Å². The van der Waals surface area contributed by atoms with Crippen LogP contribution in [-0.4, -0.2) is 18.1 Å². The van der Waals surface area contributed by atoms with E-state index in [9.17, 15) is 4.79 Å². The number of carbonyl (C=O) groups excluding carboxylic acids is 1. The van der Waals surface area contributed by atoms with E-state index in [4.69, 9.17) is 4.74 Å². The smallest absolute Gasteiger partial charge is 0.340 e. The van der Waals surface area contributed by atoms with Crippen molar-refractivity contribution in [2.45, 2.75) is 26.7 Å². The minimum atomic E-state index is -0.273. The van der Waals surface area contributed by atoms with E-state index in [-0.39, 0.29) is 11.9 Å². The van der Waals surface area contributed by atoms with Crippen molar-refractivity contribution in [3.05, 3.63) is 35.0 Å². The third-order valence-corrected chi connectivity index (χ3v) is 3.04. The van der Waals surface area contributed by atoms with E-state index in [1.54, 1.807) is 0 Å². The lowest BCUT2D eigenvalue weighted by atomic mass is 10.0. The summed E-state index contributed by atoms with van der Waals surface area (Å²) in [6.07, 6.45) is 0. The molecule has 3 nitrogen and oxygen atoms in total. The number of carbonyl (C=O) groups is 1. The standard InChI is InChI=1S/C14H17NO2/c1-8(2)12-11(14(16)17-4)10-7-5-6-9(3)13(10)15-12/h5-8,15H,1-4H3. The highest BCUT2D eigenvalue weighted by Gasteiger charge is 2.21. The van der Waals surface area contributed by atoms with Gasteiger partial charge in [0.25, 0.3) is 0 Å². The number of nitrogens with one attached hydrogen (secondary N) is 1. The number of rotatable bonds is 2. The molecule has 17 heavy (non-hydrogen) atoms. The highest BCUT2D eigenvalue weighted by atomic mass is 16.5. The van der Waals surface area contributed by atoms with Crippen molar-refractivity contribution < 1.29 is 9.53 Å². The first-order valence-corrected chi connectivity index (χ1v) is 5.75. The van der Waals surface area contributed by atoms with Crippen LogP contribution in [0.15, 0.2) is 18.2 Å². The minimum Gasteiger partial charge on any atom is -0.465 e. The van der Waals surface area contributed by atoms with E-state index in [0.29, 0.717) is 5.56 Å². The Morgan fingerprint density at radius 2 is 2.06 bits per heavy atom. The number of hydrogen-bond donors (Lipinski definition) is 1. The van der Waals surface area contributed by atoms with Crippen LogP contribution in [-0.2, 0) is 4.74 Å². The monoisotopic (exact) mass is 231 g/mol. The first-order valence-electron chi connectivity index (χ1n) is 5.75. The summed E-state index contributed by atoms with van der Waals surface area (Å²) in [4.78, 5) is 15.2. The maximum absolute atomic E-state index is 11.9. The molecule has 0 aliphatic carbocycles. The Kier molecular flexibility index (Phi) is 2.92. The van der Waals surface area contributed by atoms with Crippen molar-refractivity contribution in [3.63, 3.8) is 0 Å². The molecule has 0 radical (unpaired) electrons. The van der Waals surface area contributed by atoms with Gasteiger partial charge in [-0.05, 0) is 18.4 Å². The first kappa shape index (κ1) is 11.7. The second kappa shape index (κ2) is 4.24. The van der Waals surface area contributed by atoms with E-state index in [1.165, 1.54) is 7.11 Å². The highest BCUT2D eigenvalue weighted by Crippen LogP contribution is 2.29. The fourth-order valence-electron chi connectivity index (χ4n) is 2.14. The van der Waals surface area contributed by atoms with Gasteiger partial charge in [-0.1, -0.05) is 32.0 Å². The Bertz CT molecular complexity index is 567. The van der Waals surface area contributed by atoms with Crippen molar-refractivity contribution in [1.82, 2.24) is 4.98 Å². The molecule has 1 aromatic carbocycles. The van der Waals surface area contributed by atoms with Gasteiger partial charge in [-0.3, -0.25) is 0 Å². The number of benzene rings is 1. The van der Waals surface area contributed by atoms with Gasteiger partial charge in [-0.2, -0.15) is 0 Å². The van der Waals surface area contributed by atoms with Gasteiger partial charge >= 0.3 is 5.97 Å². The van der Waals surface area contributed by atoms with Crippen LogP contribution >= 0.6 is 0 Å². The molecule has 1 N–H and O–H groups in total. The molecule has 90 valence electrons. The lowest BCUT2D eigenvalue weighted by molar-refractivity contribution is 0.0601. The van der Waals surface area contributed by atoms with Crippen LogP contribution in [0.5, 0.6) is 0 Å². The predicted molar refractivity (Wildman–Crippen MR) is 68.5 cm³/mol. The number of aryl methyl sites for hydroxylation is 1. The molecule has 0 spiro atoms. The summed E-state index contributed by atoms with van der Waals surface area (Å²) in [5.74, 6) is -0.0125. The second-order valence-corrected chi connectivity index (χ2v) is 4.56. The number of ether oxygens (including phenoxy) is 1. The number of aromatic nitrogens is 1. The summed E-state index contributed by atoms with van der Waals surface area (Å²) < 4.78 is 4.87. The van der Waals surface area contributed by atoms with Gasteiger partial charge in [0.15, 0.2) is 0 Å². The molecule has 0 saturated carbocycles. The van der Waals surface area contributed by atoms with Crippen molar-refractivity contribution >= 4 is 16.9 Å². The second-order valence-electron chi connectivity index (χ2n) is 4.56. The minimum absolute atomic E-state index is 0.260. The van der Waals surface area contributed by atoms with Gasteiger partial charge in [-0.15, -0.1) is 0 Å². The molecule has 3 heteroatoms. The Balaban J connectivity index is 2.81. The average molecular weight is 231 g/mol. The van der Waals surface area contributed by atoms with Crippen LogP contribution in [0.3, 0.4) is 0 Å². The molecule has 1 heterocycles. The zero-order valence-electron chi connectivity index (χ0n) is 10.6. The normalized spacial score (nSPS) is 11.1. The fraction of sp³-hybridized carbons (Fsp3) is 0.357. The zero-order chi connectivity index (χ0) is 12.6. The molecule has 0 bridgehead atoms. The van der Waals surface area contributed by atoms with E-state index < -0.39 is 0 Å². The summed E-state index contributed by atoms with van der Waals surface area (Å²) in [5, 5.41) is 0.945. The molecule has 2 aromatic rings. The quantitative estimate of drug-likeness (QED) is 0.805. The molecular formula is C14H17NO2. The van der Waals surface area contributed by atoms with Gasteiger partial charge in [0.2, 0.25) is 0 Å². The lowest BCUT2D eigenvalue weighted by Gasteiger charge is -2.05. The molecule has 0 aliphatic rings. The van der Waals surface area contributed by atoms with Crippen molar-refractivity contribution in [3.8, 4) is 0 Å². The Labute approximate surface area is 101 Å². The van der Waals surface area contributed by atoms with Crippen LogP contribution in [0.2, 0.25) is 0 Å². The Hall–Kier alpha value is -1.77. The van der Waals surface area contributed by atoms with Gasteiger partial charge in [-0.25, -0.2) is 4.79 Å². The van der Waals surface area contributed by atoms with Crippen LogP contribution in [0.4, 0.5) is 0 Å². The number of aromatic amines is 1. The molecule has 0 amide bonds. The number of methoxy groups -OCH3 is 1. The molecule has 2 rings (SSSR count). The summed E-state index contributed by atoms with van der Waals surface area (Å²) in [6, 6.07) is 5.95. The van der Waals surface area contributed by atoms with Gasteiger partial charge in [0.1, 0.15) is 0 Å². The predicted octanol–water partition coefficient (Wildman–Crippen LogP) is 3.39. The topological polar surface area (TPSA) is 42.1 Å². The van der Waals surface area contributed by atoms with Crippen LogP contribution in [0, 0.1) is 6.92 Å². The third-order valence-electron chi connectivity index (χ3n) is 3.04. The number of H-pyrrole nitrogens is 1. The maximum atomic E-state index is 11.9. The first-order chi connectivity index (χ1) is 8.06. The van der Waals surface area contributed by atoms with Crippen molar-refractivity contribution in [1.29, 1.82) is 0 Å². The number of hydrogen-bond acceptors (Lipinski definition) is 2. The average Bonchev–Trinajstić information content (AvgIpc) is 2.69.